The van der Waals surface area contributed by atoms with Gasteiger partial charge in [-0.25, -0.2) is 4.99 Å². The third-order valence-corrected chi connectivity index (χ3v) is 5.78. The summed E-state index contributed by atoms with van der Waals surface area (Å²) < 4.78 is 5.96. The summed E-state index contributed by atoms with van der Waals surface area (Å²) >= 11 is 7.58. The molecule has 0 spiro atoms. The molecule has 2 N–H and O–H groups in total. The van der Waals surface area contributed by atoms with E-state index in [2.05, 4.69) is 31.9 Å². The fraction of sp³-hybridized carbons (Fsp3) is 0.200. The Morgan fingerprint density at radius 3 is 2.97 bits per heavy atom. The number of amides is 1. The van der Waals surface area contributed by atoms with Crippen LogP contribution in [-0.4, -0.2) is 34.9 Å². The third kappa shape index (κ3) is 4.44. The lowest BCUT2D eigenvalue weighted by Crippen LogP contribution is -2.42. The molecule has 29 heavy (non-hydrogen) atoms. The van der Waals surface area contributed by atoms with Crippen LogP contribution >= 0.6 is 23.4 Å². The van der Waals surface area contributed by atoms with E-state index >= 15 is 0 Å². The van der Waals surface area contributed by atoms with Crippen LogP contribution in [0.5, 0.6) is 0 Å². The minimum Gasteiger partial charge on any atom is -0.474 e. The fourth-order valence-corrected chi connectivity index (χ4v) is 4.12. The molecule has 7 nitrogen and oxygen atoms in total. The number of ether oxygens (including phenoxy) is 1. The Hall–Kier alpha value is -2.84. The van der Waals surface area contributed by atoms with E-state index in [1.807, 2.05) is 23.6 Å². The Bertz CT molecular complexity index is 1010. The number of carbonyl (C=O) groups excluding carboxylic acids is 1. The van der Waals surface area contributed by atoms with E-state index < -0.39 is 0 Å². The van der Waals surface area contributed by atoms with E-state index in [9.17, 15) is 4.79 Å². The average Bonchev–Trinajstić information content (AvgIpc) is 3.25. The topological polar surface area (TPSA) is 88.0 Å². The van der Waals surface area contributed by atoms with E-state index in [0.29, 0.717) is 23.2 Å². The van der Waals surface area contributed by atoms with Crippen LogP contribution in [0.25, 0.3) is 0 Å². The number of pyridine rings is 1. The zero-order valence-corrected chi connectivity index (χ0v) is 17.1. The second-order valence-electron chi connectivity index (χ2n) is 6.36. The zero-order valence-electron chi connectivity index (χ0n) is 15.5. The summed E-state index contributed by atoms with van der Waals surface area (Å²) in [4.78, 5) is 20.5. The van der Waals surface area contributed by atoms with Crippen LogP contribution in [0.2, 0.25) is 5.02 Å². The van der Waals surface area contributed by atoms with Crippen LogP contribution in [-0.2, 0) is 11.3 Å². The molecule has 1 aromatic carbocycles. The van der Waals surface area contributed by atoms with Crippen molar-refractivity contribution in [3.8, 4) is 0 Å². The van der Waals surface area contributed by atoms with Crippen LogP contribution in [0.1, 0.15) is 16.1 Å². The average molecular weight is 428 g/mol. The Morgan fingerprint density at radius 1 is 1.34 bits per heavy atom. The predicted octanol–water partition coefficient (Wildman–Crippen LogP) is 3.50. The Morgan fingerprint density at radius 2 is 2.17 bits per heavy atom. The molecule has 0 fully saturated rings. The number of hydrogen-bond acceptors (Lipinski definition) is 6. The van der Waals surface area contributed by atoms with Gasteiger partial charge < -0.3 is 10.1 Å². The summed E-state index contributed by atoms with van der Waals surface area (Å²) in [7, 11) is 1.57. The van der Waals surface area contributed by atoms with E-state index in [1.165, 1.54) is 0 Å². The number of thioether (sulfide) groups is 1. The van der Waals surface area contributed by atoms with Crippen molar-refractivity contribution in [2.75, 3.05) is 7.05 Å². The lowest BCUT2D eigenvalue weighted by Gasteiger charge is -2.26. The maximum absolute atomic E-state index is 11.7. The molecular formula is C20H18ClN5O2S. The monoisotopic (exact) mass is 427 g/mol. The van der Waals surface area contributed by atoms with Crippen molar-refractivity contribution in [2.45, 2.75) is 11.9 Å². The van der Waals surface area contributed by atoms with Crippen molar-refractivity contribution in [3.63, 3.8) is 0 Å². The number of hydrogen-bond donors (Lipinski definition) is 2. The smallest absolute Gasteiger partial charge is 0.269 e. The Labute approximate surface area is 177 Å². The van der Waals surface area contributed by atoms with E-state index in [4.69, 9.17) is 16.3 Å². The molecule has 0 saturated carbocycles. The van der Waals surface area contributed by atoms with Crippen molar-refractivity contribution in [3.05, 3.63) is 70.4 Å². The number of amidine groups is 1. The van der Waals surface area contributed by atoms with Gasteiger partial charge in [-0.05, 0) is 47.4 Å². The number of aromatic nitrogens is 1. The first-order chi connectivity index (χ1) is 14.1. The highest BCUT2D eigenvalue weighted by Crippen LogP contribution is 2.34. The van der Waals surface area contributed by atoms with Gasteiger partial charge >= 0.3 is 0 Å². The molecule has 2 aromatic rings. The van der Waals surface area contributed by atoms with E-state index in [1.54, 1.807) is 43.2 Å². The molecular weight excluding hydrogens is 410 g/mol. The molecule has 4 rings (SSSR count). The predicted molar refractivity (Wildman–Crippen MR) is 116 cm³/mol. The van der Waals surface area contributed by atoms with Crippen LogP contribution < -0.4 is 10.7 Å². The maximum atomic E-state index is 11.7. The van der Waals surface area contributed by atoms with Crippen LogP contribution in [0.3, 0.4) is 0 Å². The number of fused-ring (bicyclic) bond motifs is 1. The summed E-state index contributed by atoms with van der Waals surface area (Å²) in [5, 5.41) is 9.68. The molecule has 2 aliphatic rings. The number of aliphatic imine (C=N–C) groups is 1. The van der Waals surface area contributed by atoms with Gasteiger partial charge in [-0.1, -0.05) is 17.7 Å². The van der Waals surface area contributed by atoms with Gasteiger partial charge in [-0.2, -0.15) is 0 Å². The maximum Gasteiger partial charge on any atom is 0.269 e. The molecule has 2 unspecified atom stereocenters. The van der Waals surface area contributed by atoms with Gasteiger partial charge in [-0.15, -0.1) is 16.9 Å². The van der Waals surface area contributed by atoms with Gasteiger partial charge in [0.1, 0.15) is 18.1 Å². The Kier molecular flexibility index (Phi) is 5.82. The summed E-state index contributed by atoms with van der Waals surface area (Å²) in [6.45, 7) is 0.292. The lowest BCUT2D eigenvalue weighted by atomic mass is 10.0. The van der Waals surface area contributed by atoms with Gasteiger partial charge in [0.05, 0.1) is 16.9 Å². The van der Waals surface area contributed by atoms with Gasteiger partial charge in [0, 0.05) is 18.3 Å². The zero-order chi connectivity index (χ0) is 20.2. The number of hydrazone groups is 1. The quantitative estimate of drug-likeness (QED) is 0.779. The van der Waals surface area contributed by atoms with Crippen molar-refractivity contribution in [1.82, 2.24) is 15.7 Å². The van der Waals surface area contributed by atoms with Crippen molar-refractivity contribution >= 4 is 46.7 Å². The molecule has 3 heterocycles. The van der Waals surface area contributed by atoms with Gasteiger partial charge in [0.15, 0.2) is 0 Å². The number of halogens is 1. The lowest BCUT2D eigenvalue weighted by molar-refractivity contribution is 0.0958. The summed E-state index contributed by atoms with van der Waals surface area (Å²) in [6.07, 6.45) is 3.68. The third-order valence-electron chi connectivity index (χ3n) is 4.42. The highest BCUT2D eigenvalue weighted by atomic mass is 35.5. The normalized spacial score (nSPS) is 21.3. The van der Waals surface area contributed by atoms with E-state index in [-0.39, 0.29) is 17.1 Å². The number of carbonyl (C=O) groups is 1. The van der Waals surface area contributed by atoms with Crippen molar-refractivity contribution < 1.29 is 9.53 Å². The van der Waals surface area contributed by atoms with Gasteiger partial charge in [0.2, 0.25) is 5.90 Å². The number of rotatable bonds is 4. The molecule has 0 aliphatic carbocycles. The fourth-order valence-electron chi connectivity index (χ4n) is 2.94. The van der Waals surface area contributed by atoms with Crippen LogP contribution in [0.15, 0.2) is 64.2 Å². The standard InChI is InChI=1S/C20H18ClN5O2S/c1-22-19(27)16-10-12(6-8-23-16)11-28-20-17-15(7-9-29-17)18(25-26-20)24-14-4-2-13(21)3-5-14/h2-10,15,17H,11H2,1H3,(H,22,27)(H,24,25). The minimum atomic E-state index is -0.234. The molecule has 0 saturated heterocycles. The first-order valence-electron chi connectivity index (χ1n) is 8.94. The molecule has 1 aromatic heterocycles. The molecule has 9 heteroatoms. The number of nitrogens with one attached hydrogen (secondary N) is 2. The van der Waals surface area contributed by atoms with Crippen molar-refractivity contribution in [1.29, 1.82) is 0 Å². The Balaban J connectivity index is 1.48. The molecule has 148 valence electrons. The SMILES string of the molecule is CNC(=O)c1cc(COC2=NNC(=Nc3ccc(Cl)cc3)C3C=CSC23)ccn1. The molecule has 0 bridgehead atoms. The first-order valence-corrected chi connectivity index (χ1v) is 10.3. The van der Waals surface area contributed by atoms with Gasteiger partial charge in [-0.3, -0.25) is 15.2 Å². The van der Waals surface area contributed by atoms with Crippen LogP contribution in [0.4, 0.5) is 5.69 Å². The van der Waals surface area contributed by atoms with Crippen LogP contribution in [0, 0.1) is 5.92 Å². The highest BCUT2D eigenvalue weighted by molar-refractivity contribution is 8.03. The largest absolute Gasteiger partial charge is 0.474 e. The number of benzene rings is 1. The minimum absolute atomic E-state index is 0.0162. The summed E-state index contributed by atoms with van der Waals surface area (Å²) in [5.74, 6) is 1.17. The van der Waals surface area contributed by atoms with Crippen molar-refractivity contribution in [2.24, 2.45) is 16.0 Å². The molecule has 2 aliphatic heterocycles. The number of nitrogens with zero attached hydrogens (tertiary/aromatic N) is 3. The molecule has 2 atom stereocenters. The summed E-state index contributed by atoms with van der Waals surface area (Å²) in [6, 6.07) is 10.9. The second-order valence-corrected chi connectivity index (χ2v) is 7.85. The molecule has 1 amide bonds. The van der Waals surface area contributed by atoms with Gasteiger partial charge in [0.25, 0.3) is 5.91 Å². The second kappa shape index (κ2) is 8.67. The molecule has 0 radical (unpaired) electrons. The summed E-state index contributed by atoms with van der Waals surface area (Å²) in [5.41, 5.74) is 5.02. The van der Waals surface area contributed by atoms with E-state index in [0.717, 1.165) is 17.1 Å². The highest BCUT2D eigenvalue weighted by Gasteiger charge is 2.37. The first kappa shape index (κ1) is 19.5.